The molecule has 1 saturated heterocycles. The maximum Gasteiger partial charge on any atom is 0.219 e. The number of rotatable bonds is 25. The monoisotopic (exact) mass is 947 g/mol. The summed E-state index contributed by atoms with van der Waals surface area (Å²) in [6, 6.07) is 0.424. The quantitative estimate of drug-likeness (QED) is 0.0143. The lowest BCUT2D eigenvalue weighted by molar-refractivity contribution is -0.111. The van der Waals surface area contributed by atoms with Crippen molar-refractivity contribution in [1.82, 2.24) is 26.0 Å². The average molecular weight is 947 g/mol. The Morgan fingerprint density at radius 3 is 1.89 bits per heavy atom. The molecule has 0 spiro atoms. The second kappa shape index (κ2) is 54.0. The van der Waals surface area contributed by atoms with Gasteiger partial charge in [-0.3, -0.25) is 15.1 Å². The van der Waals surface area contributed by atoms with Crippen molar-refractivity contribution in [2.75, 3.05) is 47.2 Å². The van der Waals surface area contributed by atoms with E-state index in [2.05, 4.69) is 86.0 Å². The van der Waals surface area contributed by atoms with Gasteiger partial charge < -0.3 is 40.8 Å². The van der Waals surface area contributed by atoms with Gasteiger partial charge in [0.05, 0.1) is 42.1 Å². The molecule has 0 aromatic rings. The zero-order valence-electron chi connectivity index (χ0n) is 43.4. The number of methoxy groups -OCH3 is 1. The van der Waals surface area contributed by atoms with Gasteiger partial charge >= 0.3 is 0 Å². The number of unbranched alkanes of at least 4 members (excludes halogenated alkanes) is 9. The highest BCUT2D eigenvalue weighted by Gasteiger charge is 2.51. The third-order valence-electron chi connectivity index (χ3n) is 9.84. The predicted octanol–water partition coefficient (Wildman–Crippen LogP) is 8.40. The van der Waals surface area contributed by atoms with E-state index in [1.165, 1.54) is 77.2 Å². The number of nitrogens with one attached hydrogen (secondary N) is 5. The number of aliphatic hydroxyl groups is 3. The number of aliphatic imine (C=N–C) groups is 1. The lowest BCUT2D eigenvalue weighted by Gasteiger charge is -2.23. The van der Waals surface area contributed by atoms with Crippen molar-refractivity contribution in [1.29, 1.82) is 0 Å². The van der Waals surface area contributed by atoms with E-state index in [1.54, 1.807) is 20.1 Å². The molecular formula is C50H102N6O8S. The maximum atomic E-state index is 12.1. The molecule has 0 radical (unpaired) electrons. The molecule has 0 aromatic heterocycles. The summed E-state index contributed by atoms with van der Waals surface area (Å²) in [5.74, 6) is 0. The maximum absolute atomic E-state index is 12.1. The highest BCUT2D eigenvalue weighted by atomic mass is 32.2. The van der Waals surface area contributed by atoms with Crippen LogP contribution in [0.15, 0.2) is 53.7 Å². The van der Waals surface area contributed by atoms with Crippen molar-refractivity contribution >= 4 is 28.4 Å². The molecule has 2 fully saturated rings. The van der Waals surface area contributed by atoms with Crippen molar-refractivity contribution in [3.63, 3.8) is 0 Å². The molecule has 15 heteroatoms. The van der Waals surface area contributed by atoms with Crippen molar-refractivity contribution < 1.29 is 38.1 Å². The van der Waals surface area contributed by atoms with Crippen LogP contribution in [0.5, 0.6) is 0 Å². The Morgan fingerprint density at radius 2 is 1.49 bits per heavy atom. The van der Waals surface area contributed by atoms with Crippen LogP contribution in [0.4, 0.5) is 0 Å². The first-order valence-electron chi connectivity index (χ1n) is 24.5. The van der Waals surface area contributed by atoms with E-state index in [0.717, 1.165) is 50.4 Å². The Kier molecular flexibility index (Phi) is 59.3. The zero-order valence-corrected chi connectivity index (χ0v) is 44.2. The van der Waals surface area contributed by atoms with Crippen molar-refractivity contribution in [3.8, 4) is 0 Å². The molecule has 8 N–H and O–H groups in total. The first-order valence-corrected chi connectivity index (χ1v) is 26.0. The van der Waals surface area contributed by atoms with E-state index in [9.17, 15) is 23.1 Å². The Labute approximate surface area is 399 Å². The molecule has 1 amide bonds. The third-order valence-corrected chi connectivity index (χ3v) is 12.1. The fourth-order valence-electron chi connectivity index (χ4n) is 5.43. The number of sulfonamides is 1. The molecule has 4 atom stereocenters. The van der Waals surface area contributed by atoms with E-state index in [0.29, 0.717) is 44.6 Å². The summed E-state index contributed by atoms with van der Waals surface area (Å²) in [6.07, 6.45) is 31.0. The van der Waals surface area contributed by atoms with Crippen molar-refractivity contribution in [2.45, 2.75) is 207 Å². The van der Waals surface area contributed by atoms with Crippen LogP contribution in [0.25, 0.3) is 0 Å². The van der Waals surface area contributed by atoms with E-state index in [4.69, 9.17) is 14.9 Å². The van der Waals surface area contributed by atoms with Gasteiger partial charge in [0.1, 0.15) is 12.5 Å². The lowest BCUT2D eigenvalue weighted by Crippen LogP contribution is -2.51. The average Bonchev–Trinajstić information content (AvgIpc) is 3.90. The van der Waals surface area contributed by atoms with Crippen LogP contribution in [0.3, 0.4) is 0 Å². The summed E-state index contributed by atoms with van der Waals surface area (Å²) in [7, 11) is -0.886. The van der Waals surface area contributed by atoms with Gasteiger partial charge in [-0.15, -0.1) is 0 Å². The van der Waals surface area contributed by atoms with Crippen LogP contribution >= 0.6 is 0 Å². The number of aliphatic hydroxyl groups excluding tert-OH is 3. The number of hydrogen-bond acceptors (Lipinski definition) is 12. The summed E-state index contributed by atoms with van der Waals surface area (Å²) < 4.78 is 30.7. The summed E-state index contributed by atoms with van der Waals surface area (Å²) in [5, 5.41) is 36.5. The summed E-state index contributed by atoms with van der Waals surface area (Å²) in [6.45, 7) is 27.4. The fourth-order valence-corrected chi connectivity index (χ4v) is 6.84. The SMILES string of the molecule is C=C/C=C\C=C1/CNC(C)C(COC)=N1.CC.CC1CCCN1.CCCCC.CCCCC/C=C\CC(NC=O)C(O)NS(=O)(=O)C1(C)CC1.CCCCCCC.CO.O=CCNCO. The van der Waals surface area contributed by atoms with E-state index in [-0.39, 0.29) is 13.3 Å². The van der Waals surface area contributed by atoms with Crippen LogP contribution in [-0.2, 0) is 24.3 Å². The van der Waals surface area contributed by atoms with E-state index in [1.807, 2.05) is 44.2 Å². The topological polar surface area (TPSA) is 211 Å². The molecule has 1 aliphatic carbocycles. The minimum Gasteiger partial charge on any atom is -0.400 e. The third kappa shape index (κ3) is 46.3. The number of amides is 1. The largest absolute Gasteiger partial charge is 0.400 e. The van der Waals surface area contributed by atoms with Gasteiger partial charge in [0.15, 0.2) is 0 Å². The number of aldehydes is 1. The molecule has 2 aliphatic heterocycles. The highest BCUT2D eigenvalue weighted by Crippen LogP contribution is 2.42. The number of hydrogen-bond donors (Lipinski definition) is 8. The van der Waals surface area contributed by atoms with E-state index < -0.39 is 27.0 Å². The van der Waals surface area contributed by atoms with Gasteiger partial charge in [-0.2, -0.15) is 4.72 Å². The van der Waals surface area contributed by atoms with Crippen molar-refractivity contribution in [3.05, 3.63) is 48.7 Å². The Hall–Kier alpha value is -2.60. The Balaban J connectivity index is -0.000000240. The van der Waals surface area contributed by atoms with Crippen LogP contribution in [0.2, 0.25) is 0 Å². The lowest BCUT2D eigenvalue weighted by atomic mass is 10.1. The second-order valence-electron chi connectivity index (χ2n) is 15.7. The molecule has 3 aliphatic rings. The zero-order chi connectivity index (χ0) is 50.6. The normalized spacial score (nSPS) is 18.1. The molecule has 2 heterocycles. The molecule has 1 saturated carbocycles. The second-order valence-corrected chi connectivity index (χ2v) is 17.9. The number of allylic oxidation sites excluding steroid dienone is 5. The molecule has 4 unspecified atom stereocenters. The number of carbonyl (C=O) groups excluding carboxylic acids is 2. The van der Waals surface area contributed by atoms with Gasteiger partial charge in [0, 0.05) is 32.8 Å². The molecule has 386 valence electrons. The van der Waals surface area contributed by atoms with Gasteiger partial charge in [-0.1, -0.05) is 150 Å². The predicted molar refractivity (Wildman–Crippen MR) is 278 cm³/mol. The van der Waals surface area contributed by atoms with Gasteiger partial charge in [0.2, 0.25) is 16.4 Å². The molecule has 0 bridgehead atoms. The molecular weight excluding hydrogens is 845 g/mol. The van der Waals surface area contributed by atoms with Crippen molar-refractivity contribution in [2.24, 2.45) is 4.99 Å². The highest BCUT2D eigenvalue weighted by molar-refractivity contribution is 7.91. The molecule has 14 nitrogen and oxygen atoms in total. The first kappa shape index (κ1) is 71.4. The smallest absolute Gasteiger partial charge is 0.219 e. The van der Waals surface area contributed by atoms with Gasteiger partial charge in [-0.05, 0) is 78.3 Å². The number of carbonyl (C=O) groups is 2. The number of ether oxygens (including phenoxy) is 1. The van der Waals surface area contributed by atoms with Crippen LogP contribution in [-0.4, -0.2) is 118 Å². The van der Waals surface area contributed by atoms with Gasteiger partial charge in [0.25, 0.3) is 0 Å². The standard InChI is InChI=1S/C15H28N2O4S.C12H18N2O.C7H16.C5H11N.C5H12.C3H7NO2.C2H6.CH4O/c1-3-4-5-6-7-8-9-13(16-12-18)14(19)17-22(20,21)15(2)10-11-15;1-4-5-6-7-11-8-13-10(2)12(14-11)9-15-3;1-3-5-7-6-4-2;1-5-3-2-4-6-5;1-3-5-4-2;5-2-1-4-3-6;2*1-2/h7-8,12-14,17,19H,3-6,9-11H2,1-2H3,(H,16,18);4-7,10,13H,1,8-9H2,2-3H3;3-7H2,1-2H3;5-6H,2-4H2,1H3;3-5H2,1-2H3;2,4,6H,1,3H2;1-2H3;2H,1H3/b8-7-;6-5-,11-7+;;;;;;. The Bertz CT molecular complexity index is 1260. The molecule has 65 heavy (non-hydrogen) atoms. The first-order chi connectivity index (χ1) is 31.3. The minimum atomic E-state index is -3.57. The van der Waals surface area contributed by atoms with Gasteiger partial charge in [-0.25, -0.2) is 8.42 Å². The van der Waals surface area contributed by atoms with Crippen LogP contribution in [0.1, 0.15) is 178 Å². The molecule has 0 aromatic carbocycles. The number of nitrogens with zero attached hydrogens (tertiary/aromatic N) is 1. The molecule has 3 rings (SSSR count). The van der Waals surface area contributed by atoms with Crippen LogP contribution in [0, 0.1) is 0 Å². The minimum absolute atomic E-state index is 0.126. The Morgan fingerprint density at radius 1 is 0.908 bits per heavy atom. The fraction of sp³-hybridized carbons (Fsp3) is 0.780. The summed E-state index contributed by atoms with van der Waals surface area (Å²) >= 11 is 0. The summed E-state index contributed by atoms with van der Waals surface area (Å²) in [4.78, 5) is 24.6. The summed E-state index contributed by atoms with van der Waals surface area (Å²) in [5.41, 5.74) is 2.07. The van der Waals surface area contributed by atoms with Crippen LogP contribution < -0.4 is 26.0 Å². The van der Waals surface area contributed by atoms with E-state index >= 15 is 0 Å².